The molecule has 0 aromatic carbocycles. The fraction of sp³-hybridized carbons (Fsp3) is 1.00. The van der Waals surface area contributed by atoms with Crippen LogP contribution in [0.5, 0.6) is 0 Å². The van der Waals surface area contributed by atoms with Crippen LogP contribution < -0.4 is 5.32 Å². The van der Waals surface area contributed by atoms with Gasteiger partial charge in [-0.05, 0) is 31.2 Å². The molecule has 1 nitrogen and oxygen atoms in total. The van der Waals surface area contributed by atoms with E-state index in [0.717, 1.165) is 0 Å². The van der Waals surface area contributed by atoms with E-state index in [4.69, 9.17) is 0 Å². The van der Waals surface area contributed by atoms with E-state index in [1.54, 1.807) is 0 Å². The third-order valence-corrected chi connectivity index (χ3v) is 4.75. The van der Waals surface area contributed by atoms with Gasteiger partial charge in [0.25, 0.3) is 0 Å². The monoisotopic (exact) mass is 223 g/mol. The van der Waals surface area contributed by atoms with Gasteiger partial charge in [0.2, 0.25) is 0 Å². The lowest BCUT2D eigenvalue weighted by Crippen LogP contribution is -2.24. The van der Waals surface area contributed by atoms with Gasteiger partial charge in [0.15, 0.2) is 0 Å². The predicted octanol–water partition coefficient (Wildman–Crippen LogP) is 4.27. The summed E-state index contributed by atoms with van der Waals surface area (Å²) >= 11 is 0. The van der Waals surface area contributed by atoms with Crippen LogP contribution in [0.1, 0.15) is 77.0 Å². The lowest BCUT2D eigenvalue weighted by atomic mass is 9.77. The maximum absolute atomic E-state index is 3.59. The van der Waals surface area contributed by atoms with Gasteiger partial charge < -0.3 is 5.32 Å². The highest BCUT2D eigenvalue weighted by Crippen LogP contribution is 2.37. The molecule has 0 unspecified atom stereocenters. The average molecular weight is 223 g/mol. The molecule has 2 fully saturated rings. The van der Waals surface area contributed by atoms with Crippen LogP contribution in [-0.4, -0.2) is 13.1 Å². The standard InChI is InChI=1S/C15H29N/c1-2-4-6-8-10-15(12-13-16-14-15)11-9-7-5-3-1/h16H,1-14H2. The van der Waals surface area contributed by atoms with Gasteiger partial charge in [0, 0.05) is 6.54 Å². The zero-order chi connectivity index (χ0) is 11.1. The van der Waals surface area contributed by atoms with E-state index in [1.807, 2.05) is 0 Å². The van der Waals surface area contributed by atoms with Crippen molar-refractivity contribution in [2.45, 2.75) is 77.0 Å². The lowest BCUT2D eigenvalue weighted by molar-refractivity contribution is 0.248. The largest absolute Gasteiger partial charge is 0.316 e. The Hall–Kier alpha value is -0.0400. The molecule has 94 valence electrons. The maximum Gasteiger partial charge on any atom is 0.000829 e. The first-order valence-electron chi connectivity index (χ1n) is 7.62. The minimum atomic E-state index is 0.708. The van der Waals surface area contributed by atoms with E-state index in [0.29, 0.717) is 5.41 Å². The second-order valence-electron chi connectivity index (χ2n) is 6.11. The molecule has 1 heterocycles. The maximum atomic E-state index is 3.59. The smallest absolute Gasteiger partial charge is 0.000829 e. The summed E-state index contributed by atoms with van der Waals surface area (Å²) in [6.07, 6.45) is 17.9. The van der Waals surface area contributed by atoms with E-state index in [-0.39, 0.29) is 0 Å². The summed E-state index contributed by atoms with van der Waals surface area (Å²) in [7, 11) is 0. The highest BCUT2D eigenvalue weighted by molar-refractivity contribution is 4.87. The van der Waals surface area contributed by atoms with Crippen LogP contribution in [0, 0.1) is 5.41 Å². The minimum Gasteiger partial charge on any atom is -0.316 e. The van der Waals surface area contributed by atoms with Crippen LogP contribution in [-0.2, 0) is 0 Å². The quantitative estimate of drug-likeness (QED) is 0.646. The third kappa shape index (κ3) is 3.76. The van der Waals surface area contributed by atoms with Gasteiger partial charge in [-0.25, -0.2) is 0 Å². The van der Waals surface area contributed by atoms with E-state index in [9.17, 15) is 0 Å². The number of rotatable bonds is 0. The van der Waals surface area contributed by atoms with Gasteiger partial charge in [0.1, 0.15) is 0 Å². The van der Waals surface area contributed by atoms with Crippen molar-refractivity contribution in [2.75, 3.05) is 13.1 Å². The van der Waals surface area contributed by atoms with Crippen molar-refractivity contribution < 1.29 is 0 Å². The van der Waals surface area contributed by atoms with Crippen LogP contribution in [0.25, 0.3) is 0 Å². The Morgan fingerprint density at radius 2 is 1.06 bits per heavy atom. The van der Waals surface area contributed by atoms with Crippen LogP contribution in [0.2, 0.25) is 0 Å². The Morgan fingerprint density at radius 3 is 1.50 bits per heavy atom. The van der Waals surface area contributed by atoms with Gasteiger partial charge in [-0.1, -0.05) is 57.8 Å². The Bertz CT molecular complexity index is 168. The van der Waals surface area contributed by atoms with Crippen molar-refractivity contribution in [2.24, 2.45) is 5.41 Å². The Morgan fingerprint density at radius 1 is 0.562 bits per heavy atom. The van der Waals surface area contributed by atoms with E-state index >= 15 is 0 Å². The molecule has 1 saturated heterocycles. The summed E-state index contributed by atoms with van der Waals surface area (Å²) in [6, 6.07) is 0. The summed E-state index contributed by atoms with van der Waals surface area (Å²) in [5.74, 6) is 0. The van der Waals surface area contributed by atoms with Crippen molar-refractivity contribution in [3.63, 3.8) is 0 Å². The molecule has 1 aliphatic carbocycles. The topological polar surface area (TPSA) is 12.0 Å². The summed E-state index contributed by atoms with van der Waals surface area (Å²) in [5, 5.41) is 3.59. The lowest BCUT2D eigenvalue weighted by Gasteiger charge is -2.28. The van der Waals surface area contributed by atoms with Crippen molar-refractivity contribution in [1.29, 1.82) is 0 Å². The molecule has 0 radical (unpaired) electrons. The summed E-state index contributed by atoms with van der Waals surface area (Å²) < 4.78 is 0. The molecule has 2 aliphatic rings. The highest BCUT2D eigenvalue weighted by Gasteiger charge is 2.32. The van der Waals surface area contributed by atoms with Gasteiger partial charge in [-0.3, -0.25) is 0 Å². The molecular formula is C15H29N. The zero-order valence-electron chi connectivity index (χ0n) is 10.9. The number of nitrogens with one attached hydrogen (secondary N) is 1. The van der Waals surface area contributed by atoms with E-state index < -0.39 is 0 Å². The highest BCUT2D eigenvalue weighted by atomic mass is 14.9. The van der Waals surface area contributed by atoms with Crippen LogP contribution in [0.3, 0.4) is 0 Å². The Labute approximate surface area is 101 Å². The molecule has 0 amide bonds. The second kappa shape index (κ2) is 6.64. The molecule has 0 bridgehead atoms. The third-order valence-electron chi connectivity index (χ3n) is 4.75. The first-order chi connectivity index (χ1) is 7.91. The first kappa shape index (κ1) is 12.4. The van der Waals surface area contributed by atoms with Gasteiger partial charge >= 0.3 is 0 Å². The fourth-order valence-electron chi connectivity index (χ4n) is 3.58. The molecule has 0 aromatic heterocycles. The van der Waals surface area contributed by atoms with Crippen molar-refractivity contribution in [3.05, 3.63) is 0 Å². The van der Waals surface area contributed by atoms with Gasteiger partial charge in [-0.2, -0.15) is 0 Å². The van der Waals surface area contributed by atoms with Crippen molar-refractivity contribution >= 4 is 0 Å². The second-order valence-corrected chi connectivity index (χ2v) is 6.11. The van der Waals surface area contributed by atoms with Gasteiger partial charge in [0.05, 0.1) is 0 Å². The minimum absolute atomic E-state index is 0.708. The molecule has 1 spiro atoms. The normalized spacial score (nSPS) is 28.5. The molecule has 1 saturated carbocycles. The summed E-state index contributed by atoms with van der Waals surface area (Å²) in [4.78, 5) is 0. The van der Waals surface area contributed by atoms with E-state index in [2.05, 4.69) is 5.32 Å². The molecule has 1 N–H and O–H groups in total. The molecule has 2 rings (SSSR count). The predicted molar refractivity (Wildman–Crippen MR) is 70.7 cm³/mol. The Balaban J connectivity index is 1.80. The number of hydrogen-bond acceptors (Lipinski definition) is 1. The van der Waals surface area contributed by atoms with Crippen molar-refractivity contribution in [1.82, 2.24) is 5.32 Å². The summed E-state index contributed by atoms with van der Waals surface area (Å²) in [5.41, 5.74) is 0.708. The average Bonchev–Trinajstić information content (AvgIpc) is 2.73. The molecule has 0 aromatic rings. The summed E-state index contributed by atoms with van der Waals surface area (Å²) in [6.45, 7) is 2.59. The molecular weight excluding hydrogens is 194 g/mol. The molecule has 0 atom stereocenters. The first-order valence-corrected chi connectivity index (χ1v) is 7.62. The van der Waals surface area contributed by atoms with Crippen LogP contribution in [0.4, 0.5) is 0 Å². The van der Waals surface area contributed by atoms with Gasteiger partial charge in [-0.15, -0.1) is 0 Å². The van der Waals surface area contributed by atoms with Crippen LogP contribution in [0.15, 0.2) is 0 Å². The van der Waals surface area contributed by atoms with E-state index in [1.165, 1.54) is 90.1 Å². The van der Waals surface area contributed by atoms with Crippen molar-refractivity contribution in [3.8, 4) is 0 Å². The van der Waals surface area contributed by atoms with Crippen LogP contribution >= 0.6 is 0 Å². The fourth-order valence-corrected chi connectivity index (χ4v) is 3.58. The molecule has 16 heavy (non-hydrogen) atoms. The molecule has 1 aliphatic heterocycles. The molecule has 1 heteroatoms. The zero-order valence-corrected chi connectivity index (χ0v) is 10.9. The SMILES string of the molecule is C1CCCCCC2(CCCCC1)CCNC2. The Kier molecular flexibility index (Phi) is 5.15. The number of hydrogen-bond donors (Lipinski definition) is 1.